The molecule has 5 rings (SSSR count). The van der Waals surface area contributed by atoms with E-state index in [2.05, 4.69) is 39.0 Å². The molecule has 3 aliphatic rings. The number of aromatic nitrogens is 1. The molecule has 0 saturated carbocycles. The number of para-hydroxylation sites is 1. The highest BCUT2D eigenvalue weighted by Gasteiger charge is 2.21. The van der Waals surface area contributed by atoms with E-state index in [1.54, 1.807) is 6.07 Å². The molecule has 0 bridgehead atoms. The van der Waals surface area contributed by atoms with Gasteiger partial charge in [0.1, 0.15) is 5.52 Å². The van der Waals surface area contributed by atoms with E-state index >= 15 is 0 Å². The quantitative estimate of drug-likeness (QED) is 0.489. The van der Waals surface area contributed by atoms with E-state index in [4.69, 9.17) is 4.42 Å². The summed E-state index contributed by atoms with van der Waals surface area (Å²) in [7, 11) is 3.97. The molecule has 0 atom stereocenters. The summed E-state index contributed by atoms with van der Waals surface area (Å²) in [5, 5.41) is 0. The average Bonchev–Trinajstić information content (AvgIpc) is 2.78. The standard InChI is InChI=1S/C24H24N4O2/c1-26(2)18-8-9-20-22(15-18)30-23-16-19(14-21(29)24(23)25-20)28-12-10-27(11-13-28)17-6-4-3-5-7-17/h3-9,14-16H,10-13H2,1-2H3. The fourth-order valence-corrected chi connectivity index (χ4v) is 3.99. The molecule has 6 heteroatoms. The van der Waals surface area contributed by atoms with Crippen molar-refractivity contribution < 1.29 is 4.42 Å². The molecule has 0 spiro atoms. The van der Waals surface area contributed by atoms with Crippen LogP contribution in [0.5, 0.6) is 0 Å². The van der Waals surface area contributed by atoms with Crippen LogP contribution >= 0.6 is 0 Å². The van der Waals surface area contributed by atoms with Crippen molar-refractivity contribution in [3.63, 3.8) is 0 Å². The fraction of sp³-hybridized carbons (Fsp3) is 0.250. The van der Waals surface area contributed by atoms with Crippen LogP contribution in [0.15, 0.2) is 69.9 Å². The molecule has 0 radical (unpaired) electrons. The van der Waals surface area contributed by atoms with Gasteiger partial charge in [0.15, 0.2) is 17.0 Å². The topological polar surface area (TPSA) is 52.8 Å². The van der Waals surface area contributed by atoms with Gasteiger partial charge in [0.25, 0.3) is 0 Å². The summed E-state index contributed by atoms with van der Waals surface area (Å²) in [6, 6.07) is 19.9. The van der Waals surface area contributed by atoms with Crippen molar-refractivity contribution in [3.05, 3.63) is 70.9 Å². The third-order valence-electron chi connectivity index (χ3n) is 5.70. The zero-order valence-corrected chi connectivity index (χ0v) is 17.2. The summed E-state index contributed by atoms with van der Waals surface area (Å²) in [4.78, 5) is 24.0. The molecule has 6 nitrogen and oxygen atoms in total. The summed E-state index contributed by atoms with van der Waals surface area (Å²) < 4.78 is 6.11. The van der Waals surface area contributed by atoms with Crippen molar-refractivity contribution >= 4 is 28.2 Å². The first kappa shape index (κ1) is 18.5. The minimum Gasteiger partial charge on any atom is -0.453 e. The van der Waals surface area contributed by atoms with Gasteiger partial charge >= 0.3 is 0 Å². The van der Waals surface area contributed by atoms with Crippen LogP contribution in [0.1, 0.15) is 0 Å². The minimum absolute atomic E-state index is 0.102. The zero-order chi connectivity index (χ0) is 20.7. The lowest BCUT2D eigenvalue weighted by molar-refractivity contribution is 0.609. The lowest BCUT2D eigenvalue weighted by Gasteiger charge is -2.37. The third kappa shape index (κ3) is 3.34. The van der Waals surface area contributed by atoms with E-state index in [0.29, 0.717) is 22.6 Å². The lowest BCUT2D eigenvalue weighted by Crippen LogP contribution is -2.46. The first-order valence-corrected chi connectivity index (χ1v) is 10.2. The Hall–Kier alpha value is -3.54. The second kappa shape index (κ2) is 7.37. The van der Waals surface area contributed by atoms with Crippen LogP contribution < -0.4 is 20.1 Å². The number of piperazine rings is 1. The Kier molecular flexibility index (Phi) is 4.54. The predicted molar refractivity (Wildman–Crippen MR) is 122 cm³/mol. The highest BCUT2D eigenvalue weighted by atomic mass is 16.3. The molecule has 2 aliphatic heterocycles. The summed E-state index contributed by atoms with van der Waals surface area (Å²) in [6.07, 6.45) is 0. The Labute approximate surface area is 175 Å². The molecule has 152 valence electrons. The second-order valence-corrected chi connectivity index (χ2v) is 7.86. The zero-order valence-electron chi connectivity index (χ0n) is 17.2. The van der Waals surface area contributed by atoms with E-state index in [1.807, 2.05) is 49.3 Å². The maximum absolute atomic E-state index is 12.8. The second-order valence-electron chi connectivity index (χ2n) is 7.86. The molecule has 0 amide bonds. The maximum atomic E-state index is 12.8. The van der Waals surface area contributed by atoms with Gasteiger partial charge in [0.05, 0.1) is 0 Å². The van der Waals surface area contributed by atoms with Gasteiger partial charge < -0.3 is 19.1 Å². The molecule has 1 aliphatic carbocycles. The molecule has 2 heterocycles. The van der Waals surface area contributed by atoms with Crippen LogP contribution in [0, 0.1) is 0 Å². The van der Waals surface area contributed by atoms with Crippen molar-refractivity contribution in [3.8, 4) is 11.5 Å². The van der Waals surface area contributed by atoms with Gasteiger partial charge in [-0.2, -0.15) is 0 Å². The fourth-order valence-electron chi connectivity index (χ4n) is 3.99. The highest BCUT2D eigenvalue weighted by Crippen LogP contribution is 2.29. The molecule has 0 aromatic heterocycles. The summed E-state index contributed by atoms with van der Waals surface area (Å²) in [5.41, 5.74) is 4.81. The molecule has 2 aromatic carbocycles. The SMILES string of the molecule is CN(C)c1ccc2nc3c(=O)cc(N4CCN(c5ccccc5)CC4)cc-3oc2c1. The molecule has 1 fully saturated rings. The summed E-state index contributed by atoms with van der Waals surface area (Å²) in [6.45, 7) is 3.53. The van der Waals surface area contributed by atoms with Gasteiger partial charge in [-0.25, -0.2) is 4.98 Å². The Morgan fingerprint density at radius 2 is 1.57 bits per heavy atom. The van der Waals surface area contributed by atoms with Gasteiger partial charge in [0, 0.05) is 75.5 Å². The van der Waals surface area contributed by atoms with Gasteiger partial charge in [-0.3, -0.25) is 4.79 Å². The monoisotopic (exact) mass is 400 g/mol. The molecular weight excluding hydrogens is 376 g/mol. The van der Waals surface area contributed by atoms with Crippen molar-refractivity contribution in [2.24, 2.45) is 0 Å². The van der Waals surface area contributed by atoms with E-state index in [-0.39, 0.29) is 5.43 Å². The van der Waals surface area contributed by atoms with Crippen molar-refractivity contribution in [1.29, 1.82) is 0 Å². The van der Waals surface area contributed by atoms with Crippen molar-refractivity contribution in [2.75, 3.05) is 55.0 Å². The minimum atomic E-state index is -0.102. The summed E-state index contributed by atoms with van der Waals surface area (Å²) in [5.74, 6) is 0.534. The van der Waals surface area contributed by atoms with E-state index in [9.17, 15) is 4.79 Å². The van der Waals surface area contributed by atoms with Crippen LogP contribution in [0.2, 0.25) is 0 Å². The molecule has 0 N–H and O–H groups in total. The Morgan fingerprint density at radius 1 is 0.867 bits per heavy atom. The number of hydrogen-bond donors (Lipinski definition) is 0. The van der Waals surface area contributed by atoms with Crippen LogP contribution in [-0.2, 0) is 0 Å². The Bertz CT molecular complexity index is 1210. The number of anilines is 3. The van der Waals surface area contributed by atoms with E-state index < -0.39 is 0 Å². The first-order chi connectivity index (χ1) is 14.6. The number of hydrogen-bond acceptors (Lipinski definition) is 6. The number of fused-ring (bicyclic) bond motifs is 2. The molecule has 1 saturated heterocycles. The summed E-state index contributed by atoms with van der Waals surface area (Å²) >= 11 is 0. The molecule has 0 unspecified atom stereocenters. The van der Waals surface area contributed by atoms with Gasteiger partial charge in [-0.05, 0) is 24.3 Å². The number of benzene rings is 3. The largest absolute Gasteiger partial charge is 0.453 e. The number of nitrogens with zero attached hydrogens (tertiary/aromatic N) is 4. The third-order valence-corrected chi connectivity index (χ3v) is 5.70. The van der Waals surface area contributed by atoms with Crippen LogP contribution in [0.4, 0.5) is 17.1 Å². The van der Waals surface area contributed by atoms with Crippen LogP contribution in [-0.4, -0.2) is 45.3 Å². The Morgan fingerprint density at radius 3 is 2.27 bits per heavy atom. The highest BCUT2D eigenvalue weighted by molar-refractivity contribution is 5.80. The Balaban J connectivity index is 1.46. The van der Waals surface area contributed by atoms with Gasteiger partial charge in [0.2, 0.25) is 5.43 Å². The van der Waals surface area contributed by atoms with Crippen molar-refractivity contribution in [2.45, 2.75) is 0 Å². The molecular formula is C24H24N4O2. The van der Waals surface area contributed by atoms with Gasteiger partial charge in [-0.1, -0.05) is 18.2 Å². The van der Waals surface area contributed by atoms with E-state index in [1.165, 1.54) is 5.69 Å². The lowest BCUT2D eigenvalue weighted by atomic mass is 10.1. The average molecular weight is 400 g/mol. The van der Waals surface area contributed by atoms with E-state index in [0.717, 1.165) is 37.6 Å². The van der Waals surface area contributed by atoms with Crippen LogP contribution in [0.3, 0.4) is 0 Å². The van der Waals surface area contributed by atoms with Crippen LogP contribution in [0.25, 0.3) is 22.6 Å². The predicted octanol–water partition coefficient (Wildman–Crippen LogP) is 3.69. The smallest absolute Gasteiger partial charge is 0.210 e. The van der Waals surface area contributed by atoms with Gasteiger partial charge in [-0.15, -0.1) is 0 Å². The van der Waals surface area contributed by atoms with Crippen molar-refractivity contribution in [1.82, 2.24) is 4.98 Å². The molecule has 30 heavy (non-hydrogen) atoms. The number of rotatable bonds is 3. The molecule has 2 aromatic rings. The maximum Gasteiger partial charge on any atom is 0.210 e. The first-order valence-electron chi connectivity index (χ1n) is 10.2. The normalized spacial score (nSPS) is 14.5.